The van der Waals surface area contributed by atoms with Gasteiger partial charge in [0.2, 0.25) is 17.2 Å². The quantitative estimate of drug-likeness (QED) is 0.0659. The summed E-state index contributed by atoms with van der Waals surface area (Å²) in [5.74, 6) is -0.869. The number of nitrogens with one attached hydrogen (secondary N) is 4. The van der Waals surface area contributed by atoms with E-state index in [9.17, 15) is 27.2 Å². The summed E-state index contributed by atoms with van der Waals surface area (Å²) in [6, 6.07) is 6.94. The van der Waals surface area contributed by atoms with Crippen LogP contribution in [0.5, 0.6) is 0 Å². The van der Waals surface area contributed by atoms with Crippen LogP contribution >= 0.6 is 11.6 Å². The smallest absolute Gasteiger partial charge is 0.444 e. The minimum Gasteiger partial charge on any atom is -0.444 e. The molecular formula is C48H60BClF6N14O6. The monoisotopic (exact) mass is 1090 g/mol. The first-order valence-electron chi connectivity index (χ1n) is 23.4. The maximum absolute atomic E-state index is 15.2. The van der Waals surface area contributed by atoms with E-state index in [1.165, 1.54) is 44.4 Å². The Labute approximate surface area is 440 Å². The zero-order valence-corrected chi connectivity index (χ0v) is 45.0. The molecule has 4 N–H and O–H groups in total. The standard InChI is InChI=1S/C21H24F3N7O2.C20H29BF3NO4.C7H7ClN6/c1-11(27-20(32)33-21(2,3)4)12-6-7-13(16(22)15(12)17(23)24)18-25-10-26-19(29-18)28-14-8-9-31(5)30-14;1-11(25-17(26)27-18(2,3)4)12-9-10-13(15(22)14(12)16(23)24)21-28-19(5,6)20(7,8)29-21;1-14-3-2-5(13-14)11-7-10-4-9-6(8)12-7/h6-11,17H,1-5H3,(H,27,32)(H,25,26,28,29,30);9-11,16H,1-8H3,(H,25,26);2-4H,1H3,(H,9,10,11,12,13)/t2*11-;/m11./s1. The van der Waals surface area contributed by atoms with Crippen molar-refractivity contribution in [3.63, 3.8) is 0 Å². The molecule has 5 heterocycles. The van der Waals surface area contributed by atoms with Gasteiger partial charge in [-0.25, -0.2) is 55.9 Å². The van der Waals surface area contributed by atoms with Crippen molar-refractivity contribution in [1.29, 1.82) is 0 Å². The Kier molecular flexibility index (Phi) is 19.1. The SMILES string of the molecule is C[C@@H](NC(=O)OC(C)(C)C)c1ccc(-c2ncnc(Nc3ccn(C)n3)n2)c(F)c1C(F)F.C[C@@H](NC(=O)OC(C)(C)C)c1ccc(B2OC(C)(C)C(C)(C)O2)c(F)c1C(F)F.Cn1ccc(Nc2ncnc(Cl)n2)n1. The summed E-state index contributed by atoms with van der Waals surface area (Å²) < 4.78 is 111. The van der Waals surface area contributed by atoms with Crippen LogP contribution in [0, 0.1) is 11.6 Å². The lowest BCUT2D eigenvalue weighted by molar-refractivity contribution is 0.00578. The molecule has 1 aliphatic heterocycles. The molecule has 1 fully saturated rings. The molecule has 0 spiro atoms. The maximum atomic E-state index is 15.2. The van der Waals surface area contributed by atoms with Crippen LogP contribution in [0.2, 0.25) is 5.28 Å². The molecular weight excluding hydrogens is 1030 g/mol. The van der Waals surface area contributed by atoms with Gasteiger partial charge in [0.15, 0.2) is 17.5 Å². The molecule has 6 aromatic rings. The van der Waals surface area contributed by atoms with Gasteiger partial charge in [0.05, 0.1) is 40.0 Å². The van der Waals surface area contributed by atoms with Gasteiger partial charge < -0.3 is 40.0 Å². The molecule has 2 atom stereocenters. The molecule has 1 saturated heterocycles. The van der Waals surface area contributed by atoms with Crippen molar-refractivity contribution < 1.29 is 54.7 Å². The van der Waals surface area contributed by atoms with Crippen molar-refractivity contribution >= 4 is 59.9 Å². The average Bonchev–Trinajstić information content (AvgIpc) is 3.95. The number of anilines is 4. The molecule has 7 rings (SSSR count). The number of rotatable bonds is 12. The second-order valence-corrected chi connectivity index (χ2v) is 20.4. The van der Waals surface area contributed by atoms with Gasteiger partial charge in [-0.15, -0.1) is 0 Å². The highest BCUT2D eigenvalue weighted by atomic mass is 35.5. The Morgan fingerprint density at radius 3 is 1.51 bits per heavy atom. The van der Waals surface area contributed by atoms with Crippen LogP contribution in [0.1, 0.15) is 130 Å². The number of ether oxygens (including phenoxy) is 2. The highest BCUT2D eigenvalue weighted by Crippen LogP contribution is 2.39. The van der Waals surface area contributed by atoms with Crippen molar-refractivity contribution in [3.05, 3.63) is 101 Å². The lowest BCUT2D eigenvalue weighted by Gasteiger charge is -2.32. The third kappa shape index (κ3) is 16.2. The molecule has 76 heavy (non-hydrogen) atoms. The number of aryl methyl sites for hydroxylation is 2. The van der Waals surface area contributed by atoms with Crippen molar-refractivity contribution in [3.8, 4) is 11.4 Å². The van der Waals surface area contributed by atoms with Crippen LogP contribution in [0.15, 0.2) is 61.4 Å². The minimum atomic E-state index is -3.14. The number of carbonyl (C=O) groups excluding carboxylic acids is 2. The first-order valence-corrected chi connectivity index (χ1v) is 23.7. The number of alkyl carbamates (subject to hydrolysis) is 2. The zero-order valence-electron chi connectivity index (χ0n) is 44.2. The first-order chi connectivity index (χ1) is 35.2. The minimum absolute atomic E-state index is 0.0383. The summed E-state index contributed by atoms with van der Waals surface area (Å²) in [6.45, 7) is 20.2. The van der Waals surface area contributed by atoms with E-state index in [2.05, 4.69) is 61.4 Å². The molecule has 0 saturated carbocycles. The number of nitrogens with zero attached hydrogens (tertiary/aromatic N) is 10. The molecule has 1 aliphatic rings. The second-order valence-electron chi connectivity index (χ2n) is 20.0. The van der Waals surface area contributed by atoms with Gasteiger partial charge in [-0.05, 0) is 112 Å². The van der Waals surface area contributed by atoms with Gasteiger partial charge in [0, 0.05) is 44.1 Å². The predicted molar refractivity (Wildman–Crippen MR) is 271 cm³/mol. The highest BCUT2D eigenvalue weighted by Gasteiger charge is 2.53. The first kappa shape index (κ1) is 59.7. The van der Waals surface area contributed by atoms with Crippen LogP contribution in [0.3, 0.4) is 0 Å². The fraction of sp³-hybridized carbons (Fsp3) is 0.458. The number of hydrogen-bond donors (Lipinski definition) is 4. The molecule has 0 unspecified atom stereocenters. The molecule has 0 aliphatic carbocycles. The molecule has 410 valence electrons. The molecule has 2 aromatic carbocycles. The summed E-state index contributed by atoms with van der Waals surface area (Å²) in [4.78, 5) is 47.4. The van der Waals surface area contributed by atoms with E-state index in [4.69, 9.17) is 30.4 Å². The van der Waals surface area contributed by atoms with E-state index >= 15 is 8.78 Å². The normalized spacial score (nSPS) is 14.7. The van der Waals surface area contributed by atoms with Gasteiger partial charge in [0.25, 0.3) is 12.9 Å². The highest BCUT2D eigenvalue weighted by molar-refractivity contribution is 6.62. The number of amides is 2. The second kappa shape index (κ2) is 24.3. The number of halogens is 7. The fourth-order valence-electron chi connectivity index (χ4n) is 6.90. The summed E-state index contributed by atoms with van der Waals surface area (Å²) in [5.41, 5.74) is -5.10. The molecule has 0 bridgehead atoms. The van der Waals surface area contributed by atoms with Gasteiger partial charge in [-0.2, -0.15) is 20.2 Å². The van der Waals surface area contributed by atoms with Gasteiger partial charge in [-0.3, -0.25) is 9.36 Å². The summed E-state index contributed by atoms with van der Waals surface area (Å²) >= 11 is 5.59. The summed E-state index contributed by atoms with van der Waals surface area (Å²) in [7, 11) is 2.44. The average molecular weight is 1090 g/mol. The van der Waals surface area contributed by atoms with Crippen molar-refractivity contribution in [2.45, 2.75) is 130 Å². The third-order valence-electron chi connectivity index (χ3n) is 11.1. The van der Waals surface area contributed by atoms with E-state index in [0.29, 0.717) is 17.6 Å². The topological polar surface area (TPSA) is 232 Å². The van der Waals surface area contributed by atoms with Crippen molar-refractivity contribution in [2.24, 2.45) is 14.1 Å². The molecule has 0 radical (unpaired) electrons. The molecule has 4 aromatic heterocycles. The van der Waals surface area contributed by atoms with Crippen LogP contribution in [0.4, 0.5) is 59.5 Å². The van der Waals surface area contributed by atoms with Crippen LogP contribution in [-0.4, -0.2) is 91.2 Å². The van der Waals surface area contributed by atoms with E-state index in [1.807, 2.05) is 13.2 Å². The number of hydrogen-bond acceptors (Lipinski definition) is 16. The predicted octanol–water partition coefficient (Wildman–Crippen LogP) is 10.3. The number of aromatic nitrogens is 10. The lowest BCUT2D eigenvalue weighted by atomic mass is 9.76. The van der Waals surface area contributed by atoms with Crippen LogP contribution < -0.4 is 26.7 Å². The van der Waals surface area contributed by atoms with Crippen molar-refractivity contribution in [1.82, 2.24) is 60.1 Å². The Bertz CT molecular complexity index is 2960. The number of benzene rings is 2. The summed E-state index contributed by atoms with van der Waals surface area (Å²) in [6.07, 6.45) is -1.83. The Morgan fingerprint density at radius 1 is 0.658 bits per heavy atom. The Morgan fingerprint density at radius 2 is 1.09 bits per heavy atom. The van der Waals surface area contributed by atoms with E-state index in [0.717, 1.165) is 6.33 Å². The molecule has 2 amide bonds. The number of carbonyl (C=O) groups is 2. The van der Waals surface area contributed by atoms with Crippen molar-refractivity contribution in [2.75, 3.05) is 10.6 Å². The zero-order chi connectivity index (χ0) is 56.7. The van der Waals surface area contributed by atoms with Gasteiger partial charge in [0.1, 0.15) is 35.5 Å². The molecule has 28 heteroatoms. The van der Waals surface area contributed by atoms with Crippen LogP contribution in [-0.2, 0) is 32.9 Å². The third-order valence-corrected chi connectivity index (χ3v) is 11.2. The number of alkyl halides is 4. The van der Waals surface area contributed by atoms with E-state index < -0.39 is 89.4 Å². The summed E-state index contributed by atoms with van der Waals surface area (Å²) in [5, 5.41) is 19.0. The van der Waals surface area contributed by atoms with E-state index in [-0.39, 0.29) is 39.2 Å². The Hall–Kier alpha value is -7.13. The van der Waals surface area contributed by atoms with E-state index in [1.54, 1.807) is 104 Å². The Balaban J connectivity index is 0.000000226. The fourth-order valence-corrected chi connectivity index (χ4v) is 7.02. The maximum Gasteiger partial charge on any atom is 0.497 e. The van der Waals surface area contributed by atoms with Crippen LogP contribution in [0.25, 0.3) is 11.4 Å². The lowest BCUT2D eigenvalue weighted by Crippen LogP contribution is -2.41. The molecule has 20 nitrogen and oxygen atoms in total. The van der Waals surface area contributed by atoms with Gasteiger partial charge in [-0.1, -0.05) is 18.2 Å². The largest absolute Gasteiger partial charge is 0.497 e. The van der Waals surface area contributed by atoms with Gasteiger partial charge >= 0.3 is 19.3 Å².